The molecule has 0 aromatic heterocycles. The lowest BCUT2D eigenvalue weighted by molar-refractivity contribution is -0.476. The molecule has 26 heavy (non-hydrogen) atoms. The quantitative estimate of drug-likeness (QED) is 0.391. The second kappa shape index (κ2) is 4.73. The maximum absolute atomic E-state index is 11.7. The minimum absolute atomic E-state index is 0.138. The fourth-order valence-corrected chi connectivity index (χ4v) is 8.15. The third-order valence-corrected chi connectivity index (χ3v) is 9.12. The molecule has 5 N–H and O–H groups in total. The molecule has 6 rings (SSSR count). The number of hydrogen-bond donors (Lipinski definition) is 5. The van der Waals surface area contributed by atoms with Crippen LogP contribution in [0.15, 0.2) is 12.2 Å². The third kappa shape index (κ3) is 1.45. The van der Waals surface area contributed by atoms with E-state index < -0.39 is 41.0 Å². The van der Waals surface area contributed by atoms with Crippen molar-refractivity contribution in [1.82, 2.24) is 0 Å². The van der Waals surface area contributed by atoms with Crippen molar-refractivity contribution >= 4 is 0 Å². The Hall–Kier alpha value is -0.500. The Morgan fingerprint density at radius 1 is 1.04 bits per heavy atom. The topological polar surface area (TPSA) is 110 Å². The molecule has 0 amide bonds. The van der Waals surface area contributed by atoms with Gasteiger partial charge in [-0.1, -0.05) is 20.4 Å². The lowest BCUT2D eigenvalue weighted by Crippen LogP contribution is -2.86. The van der Waals surface area contributed by atoms with Crippen molar-refractivity contribution in [3.8, 4) is 0 Å². The van der Waals surface area contributed by atoms with Gasteiger partial charge in [0.1, 0.15) is 6.10 Å². The summed E-state index contributed by atoms with van der Waals surface area (Å²) in [5.41, 5.74) is -2.01. The maximum Gasteiger partial charge on any atom is 0.203 e. The molecule has 6 heteroatoms. The Labute approximate surface area is 153 Å². The first-order valence-electron chi connectivity index (χ1n) is 9.84. The number of fused-ring (bicyclic) bond motifs is 2. The van der Waals surface area contributed by atoms with Crippen molar-refractivity contribution in [2.45, 2.75) is 69.7 Å². The summed E-state index contributed by atoms with van der Waals surface area (Å²) < 4.78 is 5.86. The van der Waals surface area contributed by atoms with E-state index in [4.69, 9.17) is 4.74 Å². The second-order valence-corrected chi connectivity index (χ2v) is 10.2. The van der Waals surface area contributed by atoms with E-state index >= 15 is 0 Å². The van der Waals surface area contributed by atoms with Gasteiger partial charge in [-0.3, -0.25) is 0 Å². The Morgan fingerprint density at radius 2 is 1.73 bits per heavy atom. The van der Waals surface area contributed by atoms with E-state index in [0.717, 1.165) is 6.42 Å². The summed E-state index contributed by atoms with van der Waals surface area (Å²) in [7, 11) is 0. The first-order chi connectivity index (χ1) is 12.1. The van der Waals surface area contributed by atoms with Crippen molar-refractivity contribution in [3.05, 3.63) is 12.2 Å². The van der Waals surface area contributed by atoms with Crippen molar-refractivity contribution in [1.29, 1.82) is 0 Å². The van der Waals surface area contributed by atoms with Gasteiger partial charge in [-0.25, -0.2) is 0 Å². The van der Waals surface area contributed by atoms with Gasteiger partial charge in [-0.05, 0) is 42.6 Å². The number of aliphatic hydroxyl groups excluding tert-OH is 4. The molecule has 6 fully saturated rings. The predicted molar refractivity (Wildman–Crippen MR) is 91.7 cm³/mol. The summed E-state index contributed by atoms with van der Waals surface area (Å²) in [5, 5.41) is 56.5. The summed E-state index contributed by atoms with van der Waals surface area (Å²) in [6.45, 7) is 8.25. The highest BCUT2D eigenvalue weighted by molar-refractivity contribution is 5.37. The highest BCUT2D eigenvalue weighted by Gasteiger charge is 2.86. The SMILES string of the molecule is C=C1C2CCC3C45COC(O)(C(O)C4C(C)(C)CCC5O)C3(C1O)C2O. The molecule has 146 valence electrons. The van der Waals surface area contributed by atoms with E-state index in [9.17, 15) is 25.5 Å². The second-order valence-electron chi connectivity index (χ2n) is 10.2. The van der Waals surface area contributed by atoms with Crippen molar-refractivity contribution < 1.29 is 30.3 Å². The predicted octanol–water partition coefficient (Wildman–Crippen LogP) is 0.167. The van der Waals surface area contributed by atoms with E-state index in [1.807, 2.05) is 0 Å². The van der Waals surface area contributed by atoms with Gasteiger partial charge in [0.05, 0.1) is 30.3 Å². The van der Waals surface area contributed by atoms with Crippen LogP contribution < -0.4 is 0 Å². The minimum atomic E-state index is -2.05. The van der Waals surface area contributed by atoms with Crippen molar-refractivity contribution in [2.24, 2.45) is 34.0 Å². The van der Waals surface area contributed by atoms with Crippen molar-refractivity contribution in [3.63, 3.8) is 0 Å². The third-order valence-electron chi connectivity index (χ3n) is 9.12. The molecule has 0 aromatic rings. The molecule has 2 heterocycles. The molecule has 0 radical (unpaired) electrons. The first-order valence-corrected chi connectivity index (χ1v) is 9.84. The van der Waals surface area contributed by atoms with Gasteiger partial charge in [0.2, 0.25) is 5.79 Å². The van der Waals surface area contributed by atoms with Crippen molar-refractivity contribution in [2.75, 3.05) is 6.61 Å². The standard InChI is InChI=1S/C20H30O6/c1-9-10-4-5-11-18-8-26-20(25,19(11,14(9)22)15(10)23)16(24)13(18)17(2,3)7-6-12(18)21/h10-16,21-25H,1,4-8H2,2-3H3. The Balaban J connectivity index is 1.80. The molecule has 10 atom stereocenters. The lowest BCUT2D eigenvalue weighted by Gasteiger charge is -2.75. The number of aliphatic hydroxyl groups is 5. The lowest BCUT2D eigenvalue weighted by atomic mass is 9.35. The largest absolute Gasteiger partial charge is 0.392 e. The van der Waals surface area contributed by atoms with Gasteiger partial charge in [-0.15, -0.1) is 0 Å². The molecule has 2 saturated heterocycles. The molecular formula is C20H30O6. The van der Waals surface area contributed by atoms with Gasteiger partial charge in [-0.2, -0.15) is 0 Å². The van der Waals surface area contributed by atoms with Gasteiger partial charge in [0, 0.05) is 17.3 Å². The average molecular weight is 366 g/mol. The molecule has 4 saturated carbocycles. The Morgan fingerprint density at radius 3 is 2.42 bits per heavy atom. The van der Waals surface area contributed by atoms with Gasteiger partial charge >= 0.3 is 0 Å². The molecule has 4 bridgehead atoms. The van der Waals surface area contributed by atoms with E-state index in [1.165, 1.54) is 0 Å². The maximum atomic E-state index is 11.7. The van der Waals surface area contributed by atoms with Gasteiger partial charge in [0.15, 0.2) is 0 Å². The zero-order chi connectivity index (χ0) is 18.9. The number of ether oxygens (including phenoxy) is 1. The van der Waals surface area contributed by atoms with Crippen LogP contribution in [0, 0.1) is 34.0 Å². The normalized spacial score (nSPS) is 62.7. The minimum Gasteiger partial charge on any atom is -0.392 e. The molecule has 6 nitrogen and oxygen atoms in total. The summed E-state index contributed by atoms with van der Waals surface area (Å²) >= 11 is 0. The smallest absolute Gasteiger partial charge is 0.203 e. The zero-order valence-corrected chi connectivity index (χ0v) is 15.4. The van der Waals surface area contributed by atoms with Crippen LogP contribution in [0.5, 0.6) is 0 Å². The summed E-state index contributed by atoms with van der Waals surface area (Å²) in [6, 6.07) is 0. The fourth-order valence-electron chi connectivity index (χ4n) is 8.15. The highest BCUT2D eigenvalue weighted by atomic mass is 16.6. The molecule has 6 aliphatic rings. The van der Waals surface area contributed by atoms with Crippen LogP contribution in [0.4, 0.5) is 0 Å². The van der Waals surface area contributed by atoms with E-state index in [2.05, 4.69) is 20.4 Å². The molecule has 2 aliphatic heterocycles. The zero-order valence-electron chi connectivity index (χ0n) is 15.4. The van der Waals surface area contributed by atoms with Crippen LogP contribution in [-0.2, 0) is 4.74 Å². The summed E-state index contributed by atoms with van der Waals surface area (Å²) in [5.74, 6) is -3.06. The average Bonchev–Trinajstić information content (AvgIpc) is 2.69. The number of hydrogen-bond acceptors (Lipinski definition) is 6. The molecule has 0 aromatic carbocycles. The first kappa shape index (κ1) is 17.6. The van der Waals surface area contributed by atoms with E-state index in [1.54, 1.807) is 0 Å². The summed E-state index contributed by atoms with van der Waals surface area (Å²) in [4.78, 5) is 0. The van der Waals surface area contributed by atoms with E-state index in [0.29, 0.717) is 24.8 Å². The molecule has 4 aliphatic carbocycles. The molecule has 10 unspecified atom stereocenters. The molecule has 2 spiro atoms. The van der Waals surface area contributed by atoms with Crippen LogP contribution in [0.2, 0.25) is 0 Å². The van der Waals surface area contributed by atoms with Crippen LogP contribution in [-0.4, -0.2) is 62.3 Å². The number of rotatable bonds is 0. The molecular weight excluding hydrogens is 336 g/mol. The fraction of sp³-hybridized carbons (Fsp3) is 0.900. The van der Waals surface area contributed by atoms with Crippen LogP contribution >= 0.6 is 0 Å². The van der Waals surface area contributed by atoms with Crippen LogP contribution in [0.25, 0.3) is 0 Å². The monoisotopic (exact) mass is 366 g/mol. The Bertz CT molecular complexity index is 677. The Kier molecular flexibility index (Phi) is 3.20. The highest BCUT2D eigenvalue weighted by Crippen LogP contribution is 2.77. The van der Waals surface area contributed by atoms with Crippen LogP contribution in [0.3, 0.4) is 0 Å². The van der Waals surface area contributed by atoms with Gasteiger partial charge < -0.3 is 30.3 Å². The van der Waals surface area contributed by atoms with Crippen LogP contribution in [0.1, 0.15) is 39.5 Å². The summed E-state index contributed by atoms with van der Waals surface area (Å²) in [6.07, 6.45) is -1.53. The van der Waals surface area contributed by atoms with Gasteiger partial charge in [0.25, 0.3) is 0 Å². The van der Waals surface area contributed by atoms with E-state index in [-0.39, 0.29) is 29.8 Å².